The second kappa shape index (κ2) is 16.8. The molecule has 0 aliphatic heterocycles. The van der Waals surface area contributed by atoms with Crippen LogP contribution >= 0.6 is 0 Å². The molecule has 0 aliphatic carbocycles. The van der Waals surface area contributed by atoms with Crippen molar-refractivity contribution in [2.24, 2.45) is 0 Å². The predicted molar refractivity (Wildman–Crippen MR) is 127 cm³/mol. The van der Waals surface area contributed by atoms with Crippen molar-refractivity contribution in [2.75, 3.05) is 0 Å². The van der Waals surface area contributed by atoms with Crippen molar-refractivity contribution in [1.82, 2.24) is 0 Å². The number of aliphatic hydroxyl groups is 1. The van der Waals surface area contributed by atoms with E-state index in [4.69, 9.17) is 0 Å². The van der Waals surface area contributed by atoms with Crippen LogP contribution in [0.15, 0.2) is 121 Å². The van der Waals surface area contributed by atoms with E-state index in [0.717, 1.165) is 11.1 Å². The van der Waals surface area contributed by atoms with Gasteiger partial charge in [-0.05, 0) is 11.1 Å². The van der Waals surface area contributed by atoms with E-state index >= 15 is 0 Å². The van der Waals surface area contributed by atoms with Gasteiger partial charge in [0.2, 0.25) is 5.60 Å². The predicted octanol–water partition coefficient (Wildman–Crippen LogP) is 4.41. The largest absolute Gasteiger partial charge is 1.00 e. The molecule has 2 N–H and O–H groups in total. The molecule has 0 saturated heterocycles. The smallest absolute Gasteiger partial charge is 0.870 e. The molecule has 4 aromatic carbocycles. The summed E-state index contributed by atoms with van der Waals surface area (Å²) in [6, 6.07) is 32.7. The first-order valence-electron chi connectivity index (χ1n) is 10.5. The van der Waals surface area contributed by atoms with Crippen molar-refractivity contribution < 1.29 is 71.3 Å². The summed E-state index contributed by atoms with van der Waals surface area (Å²) < 4.78 is 68.7. The number of carbonyl (C=O) groups excluding carboxylic acids is 1. The number of hydrogen-bond donors (Lipinski definition) is 1. The topological polar surface area (TPSA) is 67.3 Å². The fourth-order valence-electron chi connectivity index (χ4n) is 3.20. The Morgan fingerprint density at radius 3 is 1.05 bits per heavy atom. The van der Waals surface area contributed by atoms with Gasteiger partial charge in [-0.3, -0.25) is 4.79 Å². The van der Waals surface area contributed by atoms with Gasteiger partial charge in [-0.25, -0.2) is 0 Å². The van der Waals surface area contributed by atoms with E-state index < -0.39 is 18.5 Å². The second-order valence-electron chi connectivity index (χ2n) is 7.25. The van der Waals surface area contributed by atoms with Crippen LogP contribution in [0, 0.1) is 0 Å². The van der Waals surface area contributed by atoms with Crippen molar-refractivity contribution in [3.8, 4) is 0 Å². The fourth-order valence-corrected chi connectivity index (χ4v) is 3.20. The molecule has 0 aliphatic rings. The van der Waals surface area contributed by atoms with Crippen LogP contribution in [0.5, 0.6) is 0 Å². The number of alkyl halides is 6. The Balaban J connectivity index is 0.000000615. The number of hydrogen-bond acceptors (Lipinski definition) is 3. The van der Waals surface area contributed by atoms with E-state index in [1.807, 2.05) is 60.7 Å². The third-order valence-corrected chi connectivity index (χ3v) is 4.87. The summed E-state index contributed by atoms with van der Waals surface area (Å²) in [7, 11) is 0. The number of rotatable bonds is 4. The molecular weight excluding hydrogens is 521 g/mol. The van der Waals surface area contributed by atoms with E-state index in [1.54, 1.807) is 12.1 Å². The SMILES string of the molecule is FC(F)F.O=C(c1ccccc1)c1ccccc1.OC(c1ccccc1)(c1ccccc1)C(F)(F)F.[Na+].[OH-]. The zero-order valence-corrected chi connectivity index (χ0v) is 22.2. The minimum absolute atomic E-state index is 0. The summed E-state index contributed by atoms with van der Waals surface area (Å²) in [4.78, 5) is 11.8. The molecule has 0 atom stereocenters. The summed E-state index contributed by atoms with van der Waals surface area (Å²) >= 11 is 0. The standard InChI is InChI=1S/C14H11F3O.C13H10O.CHF3.Na.H2O/c15-14(16,17)13(18,11-7-3-1-4-8-11)12-9-5-2-6-10-12;14-13(11-7-3-1-4-8-11)12-9-5-2-6-10-12;2-1(3)4;;/h1-10,18H;1-10H;1H;;1H2/q;;;+1;/p-1. The van der Waals surface area contributed by atoms with Gasteiger partial charge >= 0.3 is 42.4 Å². The van der Waals surface area contributed by atoms with E-state index in [1.165, 1.54) is 48.5 Å². The molecule has 0 unspecified atom stereocenters. The molecule has 3 nitrogen and oxygen atoms in total. The van der Waals surface area contributed by atoms with Gasteiger partial charge in [0.25, 0.3) is 0 Å². The van der Waals surface area contributed by atoms with Crippen LogP contribution in [0.1, 0.15) is 27.0 Å². The monoisotopic (exact) mass is 544 g/mol. The normalized spacial score (nSPS) is 10.4. The van der Waals surface area contributed by atoms with Crippen LogP contribution in [0.2, 0.25) is 0 Å². The fraction of sp³-hybridized carbons (Fsp3) is 0.107. The first-order valence-corrected chi connectivity index (χ1v) is 10.5. The molecule has 0 heterocycles. The molecule has 0 radical (unpaired) electrons. The van der Waals surface area contributed by atoms with E-state index in [0.29, 0.717) is 0 Å². The Hall–Kier alpha value is -2.95. The van der Waals surface area contributed by atoms with Gasteiger partial charge in [0.15, 0.2) is 5.78 Å². The number of benzene rings is 4. The third-order valence-electron chi connectivity index (χ3n) is 4.87. The summed E-state index contributed by atoms with van der Waals surface area (Å²) in [5.74, 6) is 0.0752. The molecule has 10 heteroatoms. The van der Waals surface area contributed by atoms with Crippen molar-refractivity contribution in [3.63, 3.8) is 0 Å². The summed E-state index contributed by atoms with van der Waals surface area (Å²) in [5, 5.41) is 10.2. The van der Waals surface area contributed by atoms with Gasteiger partial charge in [0.1, 0.15) is 0 Å². The maximum absolute atomic E-state index is 13.2. The Bertz CT molecular complexity index is 1090. The molecule has 38 heavy (non-hydrogen) atoms. The average Bonchev–Trinajstić information content (AvgIpc) is 2.89. The first kappa shape index (κ1) is 35.1. The van der Waals surface area contributed by atoms with Crippen LogP contribution in [-0.2, 0) is 5.60 Å². The maximum atomic E-state index is 13.2. The Morgan fingerprint density at radius 1 is 0.579 bits per heavy atom. The molecule has 4 aromatic rings. The summed E-state index contributed by atoms with van der Waals surface area (Å²) in [5.41, 5.74) is -1.89. The molecule has 0 fully saturated rings. The van der Waals surface area contributed by atoms with Gasteiger partial charge in [0, 0.05) is 11.1 Å². The van der Waals surface area contributed by atoms with Crippen LogP contribution in [0.4, 0.5) is 26.3 Å². The zero-order chi connectivity index (χ0) is 26.6. The van der Waals surface area contributed by atoms with Crippen LogP contribution in [-0.4, -0.2) is 29.2 Å². The number of carbonyl (C=O) groups is 1. The van der Waals surface area contributed by atoms with Gasteiger partial charge in [0.05, 0.1) is 0 Å². The molecule has 0 spiro atoms. The molecule has 0 amide bonds. The van der Waals surface area contributed by atoms with Crippen LogP contribution in [0.3, 0.4) is 0 Å². The maximum Gasteiger partial charge on any atom is 1.00 e. The number of halogens is 6. The van der Waals surface area contributed by atoms with Crippen molar-refractivity contribution in [3.05, 3.63) is 144 Å². The minimum Gasteiger partial charge on any atom is -0.870 e. The van der Waals surface area contributed by atoms with Crippen molar-refractivity contribution in [2.45, 2.75) is 18.5 Å². The van der Waals surface area contributed by atoms with Gasteiger partial charge in [-0.1, -0.05) is 121 Å². The van der Waals surface area contributed by atoms with E-state index in [2.05, 4.69) is 0 Å². The average molecular weight is 544 g/mol. The molecule has 196 valence electrons. The van der Waals surface area contributed by atoms with E-state index in [-0.39, 0.29) is 51.9 Å². The summed E-state index contributed by atoms with van der Waals surface area (Å²) in [6.45, 7) is -3.67. The quantitative estimate of drug-likeness (QED) is 0.235. The first-order chi connectivity index (χ1) is 17.1. The molecule has 0 bridgehead atoms. The van der Waals surface area contributed by atoms with Crippen molar-refractivity contribution >= 4 is 5.78 Å². The minimum atomic E-state index is -4.78. The molecule has 0 saturated carbocycles. The molecular formula is C28H23F6NaO3. The van der Waals surface area contributed by atoms with Gasteiger partial charge < -0.3 is 10.6 Å². The van der Waals surface area contributed by atoms with E-state index in [9.17, 15) is 36.2 Å². The van der Waals surface area contributed by atoms with Gasteiger partial charge in [-0.2, -0.15) is 26.3 Å². The van der Waals surface area contributed by atoms with Gasteiger partial charge in [-0.15, -0.1) is 0 Å². The van der Waals surface area contributed by atoms with Crippen LogP contribution in [0.25, 0.3) is 0 Å². The summed E-state index contributed by atoms with van der Waals surface area (Å²) in [6.07, 6.45) is -4.78. The zero-order valence-electron chi connectivity index (χ0n) is 20.2. The molecule has 4 rings (SSSR count). The molecule has 0 aromatic heterocycles. The third kappa shape index (κ3) is 10.1. The van der Waals surface area contributed by atoms with Crippen LogP contribution < -0.4 is 29.6 Å². The van der Waals surface area contributed by atoms with Crippen molar-refractivity contribution in [1.29, 1.82) is 0 Å². The number of ketones is 1. The Labute approximate surface area is 238 Å². The Morgan fingerprint density at radius 2 is 0.816 bits per heavy atom. The Kier molecular flexibility index (Phi) is 15.5. The second-order valence-corrected chi connectivity index (χ2v) is 7.25.